The minimum Gasteiger partial charge on any atom is -0.459 e. The van der Waals surface area contributed by atoms with Gasteiger partial charge in [0.2, 0.25) is 0 Å². The zero-order valence-corrected chi connectivity index (χ0v) is 14.2. The molecule has 0 spiro atoms. The lowest BCUT2D eigenvalue weighted by Gasteiger charge is -2.32. The van der Waals surface area contributed by atoms with Gasteiger partial charge < -0.3 is 14.8 Å². The quantitative estimate of drug-likeness (QED) is 0.732. The van der Waals surface area contributed by atoms with Crippen LogP contribution in [0.15, 0.2) is 0 Å². The predicted octanol–water partition coefficient (Wildman–Crippen LogP) is 0.900. The van der Waals surface area contributed by atoms with Crippen LogP contribution in [0.5, 0.6) is 0 Å². The van der Waals surface area contributed by atoms with Crippen LogP contribution >= 0.6 is 0 Å². The smallest absolute Gasteiger partial charge is 0.321 e. The molecule has 1 fully saturated rings. The van der Waals surface area contributed by atoms with Crippen LogP contribution in [0, 0.1) is 0 Å². The molecular formula is C14H27NO5S. The van der Waals surface area contributed by atoms with Gasteiger partial charge in [-0.25, -0.2) is 8.42 Å². The highest BCUT2D eigenvalue weighted by molar-refractivity contribution is 7.92. The maximum absolute atomic E-state index is 12.4. The number of ether oxygens (including phenoxy) is 2. The molecule has 2 atom stereocenters. The molecule has 0 amide bonds. The lowest BCUT2D eigenvalue weighted by Crippen LogP contribution is -2.52. The van der Waals surface area contributed by atoms with Crippen LogP contribution in [-0.2, 0) is 24.1 Å². The van der Waals surface area contributed by atoms with E-state index in [0.717, 1.165) is 13.0 Å². The molecule has 0 aromatic rings. The molecule has 2 unspecified atom stereocenters. The summed E-state index contributed by atoms with van der Waals surface area (Å²) in [4.78, 5) is 11.8. The minimum absolute atomic E-state index is 0.131. The second kappa shape index (κ2) is 7.56. The van der Waals surface area contributed by atoms with E-state index in [-0.39, 0.29) is 12.6 Å². The first kappa shape index (κ1) is 18.4. The van der Waals surface area contributed by atoms with Crippen molar-refractivity contribution in [1.29, 1.82) is 0 Å². The fourth-order valence-corrected chi connectivity index (χ4v) is 3.91. The first-order valence-electron chi connectivity index (χ1n) is 7.40. The van der Waals surface area contributed by atoms with Crippen molar-refractivity contribution in [3.05, 3.63) is 0 Å². The van der Waals surface area contributed by atoms with Crippen molar-refractivity contribution in [2.75, 3.05) is 25.5 Å². The Kier molecular flexibility index (Phi) is 6.62. The molecule has 1 aliphatic heterocycles. The Hall–Kier alpha value is -0.660. The molecule has 0 radical (unpaired) electrons. The van der Waals surface area contributed by atoms with E-state index in [1.54, 1.807) is 20.8 Å². The average Bonchev–Trinajstić information content (AvgIpc) is 2.33. The van der Waals surface area contributed by atoms with Crippen LogP contribution in [0.25, 0.3) is 0 Å². The highest BCUT2D eigenvalue weighted by Crippen LogP contribution is 2.18. The van der Waals surface area contributed by atoms with Gasteiger partial charge >= 0.3 is 5.97 Å². The van der Waals surface area contributed by atoms with Crippen LogP contribution < -0.4 is 5.32 Å². The third-order valence-electron chi connectivity index (χ3n) is 3.16. The summed E-state index contributed by atoms with van der Waals surface area (Å²) in [5.41, 5.74) is -0.685. The SMILES string of the molecule is CCCNC1CCOCC1S(=O)(=O)CC(=O)OC(C)(C)C. The van der Waals surface area contributed by atoms with E-state index in [1.165, 1.54) is 0 Å². The summed E-state index contributed by atoms with van der Waals surface area (Å²) in [6, 6.07) is -0.161. The van der Waals surface area contributed by atoms with E-state index >= 15 is 0 Å². The summed E-state index contributed by atoms with van der Waals surface area (Å²) in [6.07, 6.45) is 1.56. The summed E-state index contributed by atoms with van der Waals surface area (Å²) in [6.45, 7) is 8.60. The molecule has 1 N–H and O–H groups in total. The van der Waals surface area contributed by atoms with Gasteiger partial charge in [-0.2, -0.15) is 0 Å². The Morgan fingerprint density at radius 1 is 1.38 bits per heavy atom. The Labute approximate surface area is 127 Å². The second-order valence-corrected chi connectivity index (χ2v) is 8.58. The van der Waals surface area contributed by atoms with Crippen molar-refractivity contribution in [2.45, 2.75) is 57.4 Å². The third kappa shape index (κ3) is 6.32. The molecular weight excluding hydrogens is 294 g/mol. The van der Waals surface area contributed by atoms with E-state index in [0.29, 0.717) is 13.0 Å². The molecule has 1 heterocycles. The topological polar surface area (TPSA) is 81.7 Å². The Morgan fingerprint density at radius 3 is 2.62 bits per heavy atom. The molecule has 0 aromatic heterocycles. The number of carbonyl (C=O) groups is 1. The maximum atomic E-state index is 12.4. The van der Waals surface area contributed by atoms with Gasteiger partial charge in [0, 0.05) is 12.6 Å². The third-order valence-corrected chi connectivity index (χ3v) is 5.19. The minimum atomic E-state index is -3.60. The lowest BCUT2D eigenvalue weighted by atomic mass is 10.1. The van der Waals surface area contributed by atoms with E-state index in [2.05, 4.69) is 5.32 Å². The first-order valence-corrected chi connectivity index (χ1v) is 9.12. The summed E-state index contributed by atoms with van der Waals surface area (Å²) < 4.78 is 35.3. The fourth-order valence-electron chi connectivity index (χ4n) is 2.27. The maximum Gasteiger partial charge on any atom is 0.321 e. The average molecular weight is 321 g/mol. The van der Waals surface area contributed by atoms with Crippen molar-refractivity contribution in [3.8, 4) is 0 Å². The van der Waals surface area contributed by atoms with Crippen molar-refractivity contribution in [3.63, 3.8) is 0 Å². The van der Waals surface area contributed by atoms with Gasteiger partial charge in [-0.3, -0.25) is 4.79 Å². The molecule has 0 bridgehead atoms. The molecule has 6 nitrogen and oxygen atoms in total. The van der Waals surface area contributed by atoms with E-state index in [1.807, 2.05) is 6.92 Å². The Bertz CT molecular complexity index is 441. The molecule has 21 heavy (non-hydrogen) atoms. The van der Waals surface area contributed by atoms with Crippen LogP contribution in [0.2, 0.25) is 0 Å². The van der Waals surface area contributed by atoms with Gasteiger partial charge in [0.1, 0.15) is 16.6 Å². The molecule has 1 aliphatic rings. The van der Waals surface area contributed by atoms with Crippen LogP contribution in [0.3, 0.4) is 0 Å². The highest BCUT2D eigenvalue weighted by Gasteiger charge is 2.38. The summed E-state index contributed by atoms with van der Waals surface area (Å²) in [7, 11) is -3.60. The number of sulfone groups is 1. The Morgan fingerprint density at radius 2 is 2.05 bits per heavy atom. The molecule has 0 aromatic carbocycles. The normalized spacial score (nSPS) is 23.8. The van der Waals surface area contributed by atoms with Gasteiger partial charge in [0.05, 0.1) is 6.61 Å². The summed E-state index contributed by atoms with van der Waals surface area (Å²) >= 11 is 0. The van der Waals surface area contributed by atoms with E-state index in [4.69, 9.17) is 9.47 Å². The fraction of sp³-hybridized carbons (Fsp3) is 0.929. The van der Waals surface area contributed by atoms with Gasteiger partial charge in [0.15, 0.2) is 9.84 Å². The van der Waals surface area contributed by atoms with Gasteiger partial charge in [-0.05, 0) is 40.2 Å². The first-order chi connectivity index (χ1) is 9.65. The largest absolute Gasteiger partial charge is 0.459 e. The highest BCUT2D eigenvalue weighted by atomic mass is 32.2. The summed E-state index contributed by atoms with van der Waals surface area (Å²) in [5, 5.41) is 2.55. The van der Waals surface area contributed by atoms with Crippen LogP contribution in [0.1, 0.15) is 40.5 Å². The number of esters is 1. The predicted molar refractivity (Wildman–Crippen MR) is 80.9 cm³/mol. The second-order valence-electron chi connectivity index (χ2n) is 6.36. The van der Waals surface area contributed by atoms with Crippen LogP contribution in [-0.4, -0.2) is 56.8 Å². The molecule has 1 rings (SSSR count). The summed E-state index contributed by atoms with van der Waals surface area (Å²) in [5.74, 6) is -1.30. The standard InChI is InChI=1S/C14H27NO5S/c1-5-7-15-11-6-8-19-9-12(11)21(17,18)10-13(16)20-14(2,3)4/h11-12,15H,5-10H2,1-4H3. The lowest BCUT2D eigenvalue weighted by molar-refractivity contribution is -0.151. The number of nitrogens with one attached hydrogen (secondary N) is 1. The molecule has 124 valence electrons. The molecule has 1 saturated heterocycles. The van der Waals surface area contributed by atoms with Crippen molar-refractivity contribution >= 4 is 15.8 Å². The van der Waals surface area contributed by atoms with Gasteiger partial charge in [-0.15, -0.1) is 0 Å². The molecule has 0 aliphatic carbocycles. The molecule has 7 heteroatoms. The van der Waals surface area contributed by atoms with Crippen molar-refractivity contribution < 1.29 is 22.7 Å². The van der Waals surface area contributed by atoms with Crippen LogP contribution in [0.4, 0.5) is 0 Å². The van der Waals surface area contributed by atoms with Gasteiger partial charge in [0.25, 0.3) is 0 Å². The monoisotopic (exact) mass is 321 g/mol. The number of hydrogen-bond acceptors (Lipinski definition) is 6. The van der Waals surface area contributed by atoms with Crippen molar-refractivity contribution in [1.82, 2.24) is 5.32 Å². The van der Waals surface area contributed by atoms with Gasteiger partial charge in [-0.1, -0.05) is 6.92 Å². The number of rotatable bonds is 6. The zero-order chi connectivity index (χ0) is 16.1. The number of carbonyl (C=O) groups excluding carboxylic acids is 1. The number of hydrogen-bond donors (Lipinski definition) is 1. The zero-order valence-electron chi connectivity index (χ0n) is 13.3. The Balaban J connectivity index is 2.72. The van der Waals surface area contributed by atoms with Crippen molar-refractivity contribution in [2.24, 2.45) is 0 Å². The molecule has 0 saturated carbocycles. The van der Waals surface area contributed by atoms with E-state index < -0.39 is 32.4 Å². The van der Waals surface area contributed by atoms with E-state index in [9.17, 15) is 13.2 Å².